The van der Waals surface area contributed by atoms with E-state index in [9.17, 15) is 4.79 Å². The standard InChI is InChI=1S/C14H11ClO2/c15-13(14-12(16)8-17-14)11-6-5-9-3-1-2-4-10(9)7-11/h1-7,13-14H,8H2/t13-,14-/m0/s1. The minimum Gasteiger partial charge on any atom is -0.361 e. The number of fused-ring (bicyclic) bond motifs is 1. The summed E-state index contributed by atoms with van der Waals surface area (Å²) in [5, 5.41) is 1.91. The maximum absolute atomic E-state index is 11.3. The molecule has 0 saturated carbocycles. The highest BCUT2D eigenvalue weighted by molar-refractivity contribution is 6.23. The second-order valence-corrected chi connectivity index (χ2v) is 4.68. The lowest BCUT2D eigenvalue weighted by Crippen LogP contribution is -2.42. The van der Waals surface area contributed by atoms with Gasteiger partial charge in [-0.3, -0.25) is 4.79 Å². The summed E-state index contributed by atoms with van der Waals surface area (Å²) in [6.07, 6.45) is -0.474. The molecule has 17 heavy (non-hydrogen) atoms. The van der Waals surface area contributed by atoms with E-state index in [2.05, 4.69) is 0 Å². The highest BCUT2D eigenvalue weighted by atomic mass is 35.5. The summed E-state index contributed by atoms with van der Waals surface area (Å²) in [7, 11) is 0. The lowest BCUT2D eigenvalue weighted by atomic mass is 9.98. The Bertz CT molecular complexity index is 579. The maximum Gasteiger partial charge on any atom is 0.189 e. The smallest absolute Gasteiger partial charge is 0.189 e. The zero-order valence-corrected chi connectivity index (χ0v) is 9.85. The zero-order valence-electron chi connectivity index (χ0n) is 9.10. The molecule has 0 amide bonds. The lowest BCUT2D eigenvalue weighted by Gasteiger charge is -2.29. The third-order valence-electron chi connectivity index (χ3n) is 3.08. The van der Waals surface area contributed by atoms with Crippen LogP contribution in [-0.2, 0) is 9.53 Å². The van der Waals surface area contributed by atoms with Gasteiger partial charge in [-0.2, -0.15) is 0 Å². The van der Waals surface area contributed by atoms with Crippen LogP contribution in [0.1, 0.15) is 10.9 Å². The van der Waals surface area contributed by atoms with Gasteiger partial charge < -0.3 is 4.74 Å². The molecular formula is C14H11ClO2. The van der Waals surface area contributed by atoms with Gasteiger partial charge in [0.05, 0.1) is 5.38 Å². The Morgan fingerprint density at radius 3 is 2.59 bits per heavy atom. The van der Waals surface area contributed by atoms with Crippen molar-refractivity contribution in [1.29, 1.82) is 0 Å². The largest absolute Gasteiger partial charge is 0.361 e. The molecule has 1 saturated heterocycles. The van der Waals surface area contributed by atoms with Crippen LogP contribution in [0.2, 0.25) is 0 Å². The van der Waals surface area contributed by atoms with E-state index in [1.807, 2.05) is 42.5 Å². The predicted octanol–water partition coefficient (Wildman–Crippen LogP) is 3.09. The average Bonchev–Trinajstić information content (AvgIpc) is 2.36. The number of alkyl halides is 1. The van der Waals surface area contributed by atoms with E-state index in [0.29, 0.717) is 0 Å². The van der Waals surface area contributed by atoms with Gasteiger partial charge in [0.25, 0.3) is 0 Å². The van der Waals surface area contributed by atoms with Crippen LogP contribution in [0.15, 0.2) is 42.5 Å². The van der Waals surface area contributed by atoms with Crippen LogP contribution < -0.4 is 0 Å². The van der Waals surface area contributed by atoms with Gasteiger partial charge in [0.2, 0.25) is 0 Å². The Kier molecular flexibility index (Phi) is 2.61. The molecule has 2 aromatic rings. The molecule has 3 heteroatoms. The summed E-state index contributed by atoms with van der Waals surface area (Å²) < 4.78 is 5.19. The number of benzene rings is 2. The van der Waals surface area contributed by atoms with Crippen molar-refractivity contribution in [3.8, 4) is 0 Å². The number of Topliss-reactive ketones (excluding diaryl/α,β-unsaturated/α-hetero) is 1. The van der Waals surface area contributed by atoms with E-state index in [-0.39, 0.29) is 17.8 Å². The quantitative estimate of drug-likeness (QED) is 0.762. The van der Waals surface area contributed by atoms with Gasteiger partial charge in [-0.1, -0.05) is 36.4 Å². The van der Waals surface area contributed by atoms with Crippen LogP contribution in [0.4, 0.5) is 0 Å². The van der Waals surface area contributed by atoms with Gasteiger partial charge in [0, 0.05) is 0 Å². The molecule has 2 aromatic carbocycles. The summed E-state index contributed by atoms with van der Waals surface area (Å²) in [6, 6.07) is 14.1. The lowest BCUT2D eigenvalue weighted by molar-refractivity contribution is -0.154. The van der Waals surface area contributed by atoms with Gasteiger partial charge in [-0.15, -0.1) is 11.6 Å². The van der Waals surface area contributed by atoms with E-state index >= 15 is 0 Å². The van der Waals surface area contributed by atoms with Crippen LogP contribution in [-0.4, -0.2) is 18.5 Å². The minimum absolute atomic E-state index is 0.0816. The third-order valence-corrected chi connectivity index (χ3v) is 3.56. The molecular weight excluding hydrogens is 236 g/mol. The predicted molar refractivity (Wildman–Crippen MR) is 67.3 cm³/mol. The van der Waals surface area contributed by atoms with Gasteiger partial charge in [0.15, 0.2) is 5.78 Å². The Balaban J connectivity index is 1.97. The highest BCUT2D eigenvalue weighted by Gasteiger charge is 2.36. The Morgan fingerprint density at radius 2 is 1.94 bits per heavy atom. The van der Waals surface area contributed by atoms with Gasteiger partial charge in [-0.05, 0) is 22.4 Å². The molecule has 1 fully saturated rings. The minimum atomic E-state index is -0.474. The number of halogens is 1. The van der Waals surface area contributed by atoms with Crippen molar-refractivity contribution in [3.63, 3.8) is 0 Å². The second-order valence-electron chi connectivity index (χ2n) is 4.21. The SMILES string of the molecule is O=C1CO[C@@H]1[C@@H](Cl)c1ccc2ccccc2c1. The normalized spacial score (nSPS) is 21.2. The van der Waals surface area contributed by atoms with Crippen molar-refractivity contribution < 1.29 is 9.53 Å². The van der Waals surface area contributed by atoms with E-state index in [4.69, 9.17) is 16.3 Å². The molecule has 1 aliphatic heterocycles. The fraction of sp³-hybridized carbons (Fsp3) is 0.214. The van der Waals surface area contributed by atoms with Gasteiger partial charge in [0.1, 0.15) is 12.7 Å². The molecule has 0 aromatic heterocycles. The van der Waals surface area contributed by atoms with Crippen LogP contribution >= 0.6 is 11.6 Å². The molecule has 1 heterocycles. The molecule has 0 N–H and O–H groups in total. The highest BCUT2D eigenvalue weighted by Crippen LogP contribution is 2.32. The molecule has 0 bridgehead atoms. The van der Waals surface area contributed by atoms with Crippen LogP contribution in [0.3, 0.4) is 0 Å². The number of carbonyl (C=O) groups excluding carboxylic acids is 1. The van der Waals surface area contributed by atoms with Crippen molar-refractivity contribution in [2.75, 3.05) is 6.61 Å². The number of ether oxygens (including phenoxy) is 1. The number of hydrogen-bond donors (Lipinski definition) is 0. The molecule has 1 aliphatic rings. The molecule has 0 aliphatic carbocycles. The monoisotopic (exact) mass is 246 g/mol. The van der Waals surface area contributed by atoms with E-state index < -0.39 is 6.10 Å². The van der Waals surface area contributed by atoms with E-state index in [0.717, 1.165) is 10.9 Å². The van der Waals surface area contributed by atoms with Crippen molar-refractivity contribution in [3.05, 3.63) is 48.0 Å². The first kappa shape index (κ1) is 10.8. The van der Waals surface area contributed by atoms with Gasteiger partial charge in [-0.25, -0.2) is 0 Å². The van der Waals surface area contributed by atoms with Crippen molar-refractivity contribution in [2.24, 2.45) is 0 Å². The molecule has 0 radical (unpaired) electrons. The molecule has 3 rings (SSSR count). The molecule has 2 nitrogen and oxygen atoms in total. The average molecular weight is 247 g/mol. The maximum atomic E-state index is 11.3. The number of ketones is 1. The van der Waals surface area contributed by atoms with Gasteiger partial charge >= 0.3 is 0 Å². The summed E-state index contributed by atoms with van der Waals surface area (Å²) in [5.41, 5.74) is 0.934. The number of carbonyl (C=O) groups is 1. The summed E-state index contributed by atoms with van der Waals surface area (Å²) >= 11 is 6.26. The van der Waals surface area contributed by atoms with Crippen molar-refractivity contribution in [1.82, 2.24) is 0 Å². The molecule has 2 atom stereocenters. The fourth-order valence-electron chi connectivity index (χ4n) is 2.05. The van der Waals surface area contributed by atoms with Crippen LogP contribution in [0.25, 0.3) is 10.8 Å². The Morgan fingerprint density at radius 1 is 1.18 bits per heavy atom. The summed E-state index contributed by atoms with van der Waals surface area (Å²) in [6.45, 7) is 0.196. The Hall–Kier alpha value is -1.38. The first-order valence-corrected chi connectivity index (χ1v) is 5.96. The third kappa shape index (κ3) is 1.84. The summed E-state index contributed by atoms with van der Waals surface area (Å²) in [5.74, 6) is 0.0816. The second kappa shape index (κ2) is 4.13. The zero-order chi connectivity index (χ0) is 11.8. The fourth-order valence-corrected chi connectivity index (χ4v) is 2.40. The van der Waals surface area contributed by atoms with E-state index in [1.54, 1.807) is 0 Å². The van der Waals surface area contributed by atoms with Crippen LogP contribution in [0, 0.1) is 0 Å². The van der Waals surface area contributed by atoms with Crippen LogP contribution in [0.5, 0.6) is 0 Å². The topological polar surface area (TPSA) is 26.3 Å². The molecule has 86 valence electrons. The van der Waals surface area contributed by atoms with E-state index in [1.165, 1.54) is 5.39 Å². The molecule has 0 spiro atoms. The number of hydrogen-bond acceptors (Lipinski definition) is 2. The Labute approximate surface area is 104 Å². The molecule has 0 unspecified atom stereocenters. The summed E-state index contributed by atoms with van der Waals surface area (Å²) in [4.78, 5) is 11.3. The van der Waals surface area contributed by atoms with Crippen molar-refractivity contribution >= 4 is 28.2 Å². The van der Waals surface area contributed by atoms with Crippen molar-refractivity contribution in [2.45, 2.75) is 11.5 Å². The first-order valence-electron chi connectivity index (χ1n) is 5.53. The first-order chi connectivity index (χ1) is 8.25. The number of rotatable bonds is 2.